The number of unbranched alkanes of at least 4 members (excludes halogenated alkanes) is 1. The number of nitro groups is 1. The maximum Gasteiger partial charge on any atom is 0.270 e. The van der Waals surface area contributed by atoms with Gasteiger partial charge in [0.05, 0.1) is 11.5 Å². The van der Waals surface area contributed by atoms with E-state index in [1.54, 1.807) is 12.1 Å². The molecule has 1 rings (SSSR count). The van der Waals surface area contributed by atoms with Gasteiger partial charge in [0.25, 0.3) is 5.69 Å². The molecule has 0 unspecified atom stereocenters. The van der Waals surface area contributed by atoms with Crippen molar-refractivity contribution >= 4 is 5.69 Å². The second-order valence-corrected chi connectivity index (χ2v) is 4.43. The minimum absolute atomic E-state index is 0.108. The lowest BCUT2D eigenvalue weighted by Gasteiger charge is -2.11. The van der Waals surface area contributed by atoms with Gasteiger partial charge < -0.3 is 10.1 Å². The minimum Gasteiger partial charge on any atom is -0.493 e. The Bertz CT molecular complexity index is 408. The van der Waals surface area contributed by atoms with Crippen molar-refractivity contribution in [2.75, 3.05) is 13.2 Å². The fourth-order valence-corrected chi connectivity index (χ4v) is 1.68. The molecule has 0 aliphatic carbocycles. The first kappa shape index (κ1) is 15.4. The number of rotatable bonds is 9. The molecule has 106 valence electrons. The fourth-order valence-electron chi connectivity index (χ4n) is 1.68. The number of hydrogen-bond acceptors (Lipinski definition) is 4. The molecule has 5 heteroatoms. The zero-order valence-corrected chi connectivity index (χ0v) is 11.6. The topological polar surface area (TPSA) is 64.4 Å². The van der Waals surface area contributed by atoms with Crippen molar-refractivity contribution in [3.63, 3.8) is 0 Å². The summed E-state index contributed by atoms with van der Waals surface area (Å²) in [6.07, 6.45) is 3.08. The van der Waals surface area contributed by atoms with E-state index in [0.717, 1.165) is 37.1 Å². The van der Waals surface area contributed by atoms with E-state index in [1.807, 2.05) is 0 Å². The van der Waals surface area contributed by atoms with E-state index in [4.69, 9.17) is 4.74 Å². The minimum atomic E-state index is -0.376. The third-order valence-corrected chi connectivity index (χ3v) is 2.75. The number of non-ortho nitro benzene ring substituents is 1. The summed E-state index contributed by atoms with van der Waals surface area (Å²) >= 11 is 0. The zero-order chi connectivity index (χ0) is 14.1. The standard InChI is InChI=1S/C14H22N2O3/c1-3-5-9-19-14-7-6-13(16(17)18)10-12(14)11-15-8-4-2/h6-7,10,15H,3-5,8-9,11H2,1-2H3. The highest BCUT2D eigenvalue weighted by Gasteiger charge is 2.11. The maximum absolute atomic E-state index is 10.8. The quantitative estimate of drug-likeness (QED) is 0.423. The molecular formula is C14H22N2O3. The molecule has 1 N–H and O–H groups in total. The molecule has 0 amide bonds. The van der Waals surface area contributed by atoms with Crippen LogP contribution >= 0.6 is 0 Å². The fraction of sp³-hybridized carbons (Fsp3) is 0.571. The molecule has 0 aliphatic heterocycles. The van der Waals surface area contributed by atoms with Gasteiger partial charge in [0.2, 0.25) is 0 Å². The largest absolute Gasteiger partial charge is 0.493 e. The van der Waals surface area contributed by atoms with Crippen molar-refractivity contribution < 1.29 is 9.66 Å². The van der Waals surface area contributed by atoms with Crippen molar-refractivity contribution in [1.29, 1.82) is 0 Å². The van der Waals surface area contributed by atoms with Crippen LogP contribution in [0.4, 0.5) is 5.69 Å². The molecule has 0 spiro atoms. The van der Waals surface area contributed by atoms with E-state index in [0.29, 0.717) is 13.2 Å². The smallest absolute Gasteiger partial charge is 0.270 e. The lowest BCUT2D eigenvalue weighted by Crippen LogP contribution is -2.15. The molecule has 0 aromatic heterocycles. The molecule has 0 heterocycles. The van der Waals surface area contributed by atoms with Crippen LogP contribution in [0, 0.1) is 10.1 Å². The van der Waals surface area contributed by atoms with E-state index in [2.05, 4.69) is 19.2 Å². The maximum atomic E-state index is 10.8. The molecule has 0 saturated carbocycles. The predicted molar refractivity (Wildman–Crippen MR) is 75.5 cm³/mol. The summed E-state index contributed by atoms with van der Waals surface area (Å²) < 4.78 is 5.68. The highest BCUT2D eigenvalue weighted by molar-refractivity contribution is 5.43. The first-order chi connectivity index (χ1) is 9.19. The van der Waals surface area contributed by atoms with Crippen LogP contribution in [-0.2, 0) is 6.54 Å². The van der Waals surface area contributed by atoms with E-state index < -0.39 is 0 Å². The normalized spacial score (nSPS) is 10.4. The highest BCUT2D eigenvalue weighted by Crippen LogP contribution is 2.24. The number of ether oxygens (including phenoxy) is 1. The average molecular weight is 266 g/mol. The molecule has 0 aliphatic rings. The Morgan fingerprint density at radius 3 is 2.74 bits per heavy atom. The van der Waals surface area contributed by atoms with Crippen LogP contribution in [0.2, 0.25) is 0 Å². The van der Waals surface area contributed by atoms with Gasteiger partial charge in [-0.3, -0.25) is 10.1 Å². The SMILES string of the molecule is CCCCOc1ccc([N+](=O)[O-])cc1CNCCC. The third-order valence-electron chi connectivity index (χ3n) is 2.75. The molecule has 0 atom stereocenters. The van der Waals surface area contributed by atoms with Crippen LogP contribution in [0.25, 0.3) is 0 Å². The number of nitrogens with one attached hydrogen (secondary N) is 1. The van der Waals surface area contributed by atoms with Gasteiger partial charge in [-0.15, -0.1) is 0 Å². The molecule has 0 saturated heterocycles. The van der Waals surface area contributed by atoms with E-state index >= 15 is 0 Å². The number of hydrogen-bond donors (Lipinski definition) is 1. The van der Waals surface area contributed by atoms with E-state index in [1.165, 1.54) is 6.07 Å². The summed E-state index contributed by atoms with van der Waals surface area (Å²) in [5, 5.41) is 14.0. The van der Waals surface area contributed by atoms with Crippen LogP contribution in [0.3, 0.4) is 0 Å². The van der Waals surface area contributed by atoms with Gasteiger partial charge in [-0.2, -0.15) is 0 Å². The van der Waals surface area contributed by atoms with Crippen LogP contribution in [0.5, 0.6) is 5.75 Å². The van der Waals surface area contributed by atoms with Gasteiger partial charge in [-0.05, 0) is 25.5 Å². The van der Waals surface area contributed by atoms with Crippen LogP contribution in [0.1, 0.15) is 38.7 Å². The van der Waals surface area contributed by atoms with Crippen molar-refractivity contribution in [3.8, 4) is 5.75 Å². The number of benzene rings is 1. The first-order valence-electron chi connectivity index (χ1n) is 6.79. The zero-order valence-electron chi connectivity index (χ0n) is 11.6. The lowest BCUT2D eigenvalue weighted by molar-refractivity contribution is -0.384. The van der Waals surface area contributed by atoms with Crippen LogP contribution in [-0.4, -0.2) is 18.1 Å². The van der Waals surface area contributed by atoms with Crippen LogP contribution in [0.15, 0.2) is 18.2 Å². The summed E-state index contributed by atoms with van der Waals surface area (Å²) in [6.45, 7) is 6.31. The summed E-state index contributed by atoms with van der Waals surface area (Å²) in [4.78, 5) is 10.4. The monoisotopic (exact) mass is 266 g/mol. The Kier molecular flexibility index (Phi) is 6.89. The van der Waals surface area contributed by atoms with E-state index in [-0.39, 0.29) is 10.6 Å². The Morgan fingerprint density at radius 2 is 2.11 bits per heavy atom. The van der Waals surface area contributed by atoms with Crippen molar-refractivity contribution in [3.05, 3.63) is 33.9 Å². The summed E-state index contributed by atoms with van der Waals surface area (Å²) in [7, 11) is 0. The van der Waals surface area contributed by atoms with Crippen molar-refractivity contribution in [1.82, 2.24) is 5.32 Å². The van der Waals surface area contributed by atoms with Crippen molar-refractivity contribution in [2.45, 2.75) is 39.7 Å². The molecule has 5 nitrogen and oxygen atoms in total. The summed E-state index contributed by atoms with van der Waals surface area (Å²) in [5.74, 6) is 0.739. The molecule has 0 bridgehead atoms. The third kappa shape index (κ3) is 5.26. The second-order valence-electron chi connectivity index (χ2n) is 4.43. The van der Waals surface area contributed by atoms with Gasteiger partial charge in [0, 0.05) is 24.2 Å². The van der Waals surface area contributed by atoms with Crippen molar-refractivity contribution in [2.24, 2.45) is 0 Å². The Morgan fingerprint density at radius 1 is 1.32 bits per heavy atom. The Balaban J connectivity index is 2.78. The molecule has 0 radical (unpaired) electrons. The molecular weight excluding hydrogens is 244 g/mol. The van der Waals surface area contributed by atoms with E-state index in [9.17, 15) is 10.1 Å². The number of nitro benzene ring substituents is 1. The predicted octanol–water partition coefficient (Wildman–Crippen LogP) is 3.27. The lowest BCUT2D eigenvalue weighted by atomic mass is 10.1. The molecule has 1 aromatic rings. The van der Waals surface area contributed by atoms with Gasteiger partial charge in [-0.1, -0.05) is 20.3 Å². The second kappa shape index (κ2) is 8.48. The van der Waals surface area contributed by atoms with Gasteiger partial charge in [0.1, 0.15) is 5.75 Å². The van der Waals surface area contributed by atoms with Gasteiger partial charge in [0.15, 0.2) is 0 Å². The molecule has 19 heavy (non-hydrogen) atoms. The first-order valence-corrected chi connectivity index (χ1v) is 6.79. The molecule has 0 fully saturated rings. The highest BCUT2D eigenvalue weighted by atomic mass is 16.6. The Hall–Kier alpha value is -1.62. The van der Waals surface area contributed by atoms with Gasteiger partial charge >= 0.3 is 0 Å². The average Bonchev–Trinajstić information content (AvgIpc) is 2.40. The van der Waals surface area contributed by atoms with Crippen LogP contribution < -0.4 is 10.1 Å². The van der Waals surface area contributed by atoms with Gasteiger partial charge in [-0.25, -0.2) is 0 Å². The molecule has 1 aromatic carbocycles. The Labute approximate surface area is 114 Å². The number of nitrogens with zero attached hydrogens (tertiary/aromatic N) is 1. The summed E-state index contributed by atoms with van der Waals surface area (Å²) in [5.41, 5.74) is 0.954. The summed E-state index contributed by atoms with van der Waals surface area (Å²) in [6, 6.07) is 4.77.